The predicted octanol–water partition coefficient (Wildman–Crippen LogP) is 1.81. The van der Waals surface area contributed by atoms with Gasteiger partial charge >= 0.3 is 0 Å². The highest BCUT2D eigenvalue weighted by Gasteiger charge is 2.26. The number of para-hydroxylation sites is 2. The Morgan fingerprint density at radius 3 is 1.34 bits per heavy atom. The number of aromatic nitrogens is 2. The fourth-order valence-corrected chi connectivity index (χ4v) is 10.5. The second kappa shape index (κ2) is 29.9. The predicted molar refractivity (Wildman–Crippen MR) is 311 cm³/mol. The van der Waals surface area contributed by atoms with Gasteiger partial charge in [0, 0.05) is 60.4 Å². The van der Waals surface area contributed by atoms with Gasteiger partial charge in [-0.1, -0.05) is 71.8 Å². The third-order valence-electron chi connectivity index (χ3n) is 13.1. The summed E-state index contributed by atoms with van der Waals surface area (Å²) in [6, 6.07) is 24.0. The molecule has 6 rings (SSSR count). The summed E-state index contributed by atoms with van der Waals surface area (Å²) in [5.41, 5.74) is 29.9. The van der Waals surface area contributed by atoms with Crippen LogP contribution in [0.5, 0.6) is 0 Å². The Hall–Kier alpha value is -7.84. The van der Waals surface area contributed by atoms with Crippen molar-refractivity contribution in [1.82, 2.24) is 46.0 Å². The van der Waals surface area contributed by atoms with E-state index in [0.29, 0.717) is 45.4 Å². The molecule has 80 heavy (non-hydrogen) atoms. The highest BCUT2D eigenvalue weighted by atomic mass is 32.2. The molecule has 4 amide bonds. The van der Waals surface area contributed by atoms with E-state index in [0.717, 1.165) is 44.1 Å². The van der Waals surface area contributed by atoms with Gasteiger partial charge < -0.3 is 59.5 Å². The average Bonchev–Trinajstić information content (AvgIpc) is 4.04. The Kier molecular flexibility index (Phi) is 23.0. The van der Waals surface area contributed by atoms with Crippen LogP contribution in [0, 0.1) is 13.8 Å². The zero-order chi connectivity index (χ0) is 57.7. The van der Waals surface area contributed by atoms with Gasteiger partial charge in [0.25, 0.3) is 20.0 Å². The molecule has 0 aliphatic carbocycles. The number of hydrogen-bond acceptors (Lipinski definition) is 13. The van der Waals surface area contributed by atoms with Crippen LogP contribution in [0.4, 0.5) is 0 Å². The molecule has 17 N–H and O–H groups in total. The second-order valence-electron chi connectivity index (χ2n) is 19.5. The Morgan fingerprint density at radius 2 is 0.900 bits per heavy atom. The number of nitrogens with two attached hydrogens (primary N) is 4. The van der Waals surface area contributed by atoms with Gasteiger partial charge in [-0.3, -0.25) is 29.2 Å². The first-order valence-electron chi connectivity index (χ1n) is 26.6. The number of rotatable bonds is 31. The van der Waals surface area contributed by atoms with Gasteiger partial charge in [0.1, 0.15) is 12.1 Å². The standard InChI is InChI=1S/C55H75N15O8S2/c1-36-18-22-40(23-19-36)79(75,76)69-54(58)63-29-9-16-48(67-50(71)44(56)32-38-34-65-46-14-5-3-12-42(38)46)52(73)61-28-8-7-26-60-27-11-31-62-53(74)49(68-51(72)45(57)33-39-35-66-47-15-6-4-13-43(39)47)17-10-30-64-55(59)70-80(77,78)41-24-20-37(2)21-25-41/h3-6,12-15,18-25,34-35,44-45,48-49,60,65-66H,7-11,16-17,26-33,56-57H2,1-2H3,(H,61,73)(H,62,74)(H,67,71)(H,68,72)(H3,58,63,69)(H3,59,64,70)/t44-,45-,48-,49-/m1/s1. The van der Waals surface area contributed by atoms with Crippen molar-refractivity contribution >= 4 is 77.4 Å². The lowest BCUT2D eigenvalue weighted by Crippen LogP contribution is -2.52. The molecule has 25 heteroatoms. The zero-order valence-corrected chi connectivity index (χ0v) is 46.7. The van der Waals surface area contributed by atoms with E-state index in [1.165, 1.54) is 24.3 Å². The summed E-state index contributed by atoms with van der Waals surface area (Å²) in [5, 5.41) is 16.6. The molecule has 0 aliphatic rings. The van der Waals surface area contributed by atoms with Gasteiger partial charge in [-0.05, 0) is 132 Å². The number of nitrogens with one attached hydrogen (secondary N) is 9. The highest BCUT2D eigenvalue weighted by molar-refractivity contribution is 7.90. The maximum absolute atomic E-state index is 13.6. The number of sulfonamides is 2. The molecule has 0 bridgehead atoms. The van der Waals surface area contributed by atoms with Crippen LogP contribution in [0.3, 0.4) is 0 Å². The molecule has 23 nitrogen and oxygen atoms in total. The first-order chi connectivity index (χ1) is 38.3. The van der Waals surface area contributed by atoms with E-state index >= 15 is 0 Å². The van der Waals surface area contributed by atoms with Crippen LogP contribution in [0.2, 0.25) is 0 Å². The van der Waals surface area contributed by atoms with Crippen LogP contribution in [0.25, 0.3) is 21.8 Å². The average molecular weight is 1140 g/mol. The number of hydrogen-bond donors (Lipinski definition) is 13. The van der Waals surface area contributed by atoms with Crippen molar-refractivity contribution in [3.8, 4) is 0 Å². The van der Waals surface area contributed by atoms with Gasteiger partial charge in [0.15, 0.2) is 0 Å². The summed E-state index contributed by atoms with van der Waals surface area (Å²) in [6.07, 6.45) is 6.80. The number of guanidine groups is 2. The van der Waals surface area contributed by atoms with Crippen molar-refractivity contribution in [3.05, 3.63) is 132 Å². The molecule has 2 aromatic heterocycles. The number of nitrogens with zero attached hydrogens (tertiary/aromatic N) is 2. The normalized spacial score (nSPS) is 13.8. The molecule has 4 aromatic carbocycles. The number of unbranched alkanes of at least 4 members (excludes halogenated alkanes) is 1. The quantitative estimate of drug-likeness (QED) is 0.0168. The van der Waals surface area contributed by atoms with Crippen molar-refractivity contribution in [2.24, 2.45) is 32.9 Å². The van der Waals surface area contributed by atoms with E-state index in [-0.39, 0.29) is 73.3 Å². The number of aryl methyl sites for hydroxylation is 2. The number of aromatic amines is 2. The smallest absolute Gasteiger partial charge is 0.264 e. The largest absolute Gasteiger partial charge is 0.369 e. The van der Waals surface area contributed by atoms with Gasteiger partial charge in [-0.2, -0.15) is 0 Å². The zero-order valence-electron chi connectivity index (χ0n) is 45.1. The molecular formula is C55H75N15O8S2. The van der Waals surface area contributed by atoms with Crippen LogP contribution in [-0.2, 0) is 52.1 Å². The van der Waals surface area contributed by atoms with Crippen molar-refractivity contribution in [2.75, 3.05) is 39.3 Å². The summed E-state index contributed by atoms with van der Waals surface area (Å²) < 4.78 is 55.7. The fourth-order valence-electron chi connectivity index (χ4n) is 8.62. The fraction of sp³-hybridized carbons (Fsp3) is 0.382. The lowest BCUT2D eigenvalue weighted by atomic mass is 10.0. The Labute approximate surface area is 466 Å². The SMILES string of the molecule is Cc1ccc(S(=O)(=O)NC(N)=NCCC[C@@H](NC(=O)[C@H](N)Cc2c[nH]c3ccccc23)C(=O)NCCCCNCCCNC(=O)[C@@H](CCCN=C(N)NS(=O)(=O)c2ccc(C)cc2)NC(=O)[C@H](N)Cc2c[nH]c3ccccc23)cc1. The Morgan fingerprint density at radius 1 is 0.512 bits per heavy atom. The number of fused-ring (bicyclic) bond motifs is 2. The minimum atomic E-state index is -3.96. The molecule has 0 radical (unpaired) electrons. The molecule has 430 valence electrons. The maximum atomic E-state index is 13.6. The summed E-state index contributed by atoms with van der Waals surface area (Å²) in [4.78, 5) is 68.7. The lowest BCUT2D eigenvalue weighted by Gasteiger charge is -2.21. The molecule has 0 spiro atoms. The van der Waals surface area contributed by atoms with Gasteiger partial charge in [0.05, 0.1) is 21.9 Å². The van der Waals surface area contributed by atoms with Crippen molar-refractivity contribution < 1.29 is 36.0 Å². The minimum Gasteiger partial charge on any atom is -0.369 e. The summed E-state index contributed by atoms with van der Waals surface area (Å²) in [7, 11) is -7.92. The Bertz CT molecular complexity index is 3090. The first kappa shape index (κ1) is 61.4. The van der Waals surface area contributed by atoms with E-state index in [9.17, 15) is 36.0 Å². The van der Waals surface area contributed by atoms with Crippen LogP contribution in [0.1, 0.15) is 67.2 Å². The van der Waals surface area contributed by atoms with E-state index in [1.54, 1.807) is 30.5 Å². The van der Waals surface area contributed by atoms with Crippen LogP contribution < -0.4 is 59.0 Å². The second-order valence-corrected chi connectivity index (χ2v) is 22.9. The van der Waals surface area contributed by atoms with Gasteiger partial charge in [-0.25, -0.2) is 26.3 Å². The highest BCUT2D eigenvalue weighted by Crippen LogP contribution is 2.21. The first-order valence-corrected chi connectivity index (χ1v) is 29.5. The molecule has 0 saturated heterocycles. The topological polar surface area (TPSA) is 381 Å². The number of amides is 4. The maximum Gasteiger partial charge on any atom is 0.264 e. The minimum absolute atomic E-state index is 0.0299. The molecular weight excluding hydrogens is 1060 g/mol. The number of carbonyl (C=O) groups excluding carboxylic acids is 4. The lowest BCUT2D eigenvalue weighted by molar-refractivity contribution is -0.129. The number of benzene rings is 4. The molecule has 0 saturated carbocycles. The van der Waals surface area contributed by atoms with Crippen molar-refractivity contribution in [1.29, 1.82) is 0 Å². The number of carbonyl (C=O) groups is 4. The molecule has 6 aromatic rings. The van der Waals surface area contributed by atoms with Crippen LogP contribution in [0.15, 0.2) is 129 Å². The number of aliphatic imine (C=N–C) groups is 2. The van der Waals surface area contributed by atoms with Crippen molar-refractivity contribution in [2.45, 2.75) is 106 Å². The van der Waals surface area contributed by atoms with Crippen LogP contribution >= 0.6 is 0 Å². The van der Waals surface area contributed by atoms with E-state index < -0.39 is 67.8 Å². The summed E-state index contributed by atoms with van der Waals surface area (Å²) >= 11 is 0. The molecule has 2 heterocycles. The summed E-state index contributed by atoms with van der Waals surface area (Å²) in [6.45, 7) is 5.58. The van der Waals surface area contributed by atoms with Gasteiger partial charge in [-0.15, -0.1) is 0 Å². The van der Waals surface area contributed by atoms with E-state index in [4.69, 9.17) is 22.9 Å². The number of H-pyrrole nitrogens is 2. The molecule has 0 unspecified atom stereocenters. The van der Waals surface area contributed by atoms with E-state index in [1.807, 2.05) is 68.6 Å². The van der Waals surface area contributed by atoms with E-state index in [2.05, 4.69) is 56.0 Å². The third-order valence-corrected chi connectivity index (χ3v) is 15.8. The Balaban J connectivity index is 0.940. The molecule has 0 aliphatic heterocycles. The van der Waals surface area contributed by atoms with Crippen molar-refractivity contribution in [3.63, 3.8) is 0 Å². The third kappa shape index (κ3) is 18.9. The summed E-state index contributed by atoms with van der Waals surface area (Å²) in [5.74, 6) is -2.49. The van der Waals surface area contributed by atoms with Gasteiger partial charge in [0.2, 0.25) is 35.5 Å². The molecule has 4 atom stereocenters. The monoisotopic (exact) mass is 1140 g/mol. The van der Waals surface area contributed by atoms with Crippen LogP contribution in [-0.4, -0.2) is 126 Å². The molecule has 0 fully saturated rings.